The molecule has 0 aliphatic heterocycles. The Balaban J connectivity index is -0.0000000910. The third-order valence-corrected chi connectivity index (χ3v) is 0.167. The summed E-state index contributed by atoms with van der Waals surface area (Å²) in [5.74, 6) is -1.22. The minimum Gasteiger partial charge on any atom is -0.652 e. The van der Waals surface area contributed by atoms with Gasteiger partial charge in [0.25, 0.3) is 0 Å². The number of carboxylic acids is 1. The van der Waals surface area contributed by atoms with E-state index in [1.165, 1.54) is 0 Å². The van der Waals surface area contributed by atoms with Gasteiger partial charge in [-0.15, -0.1) is 0 Å². The van der Waals surface area contributed by atoms with Crippen LogP contribution in [0.4, 0.5) is 4.79 Å². The zero-order valence-corrected chi connectivity index (χ0v) is 7.33. The normalized spacial score (nSPS) is 6.10. The molecule has 0 aliphatic rings. The number of aliphatic carboxylic acids is 1. The smallest absolute Gasteiger partial charge is 0.652 e. The van der Waals surface area contributed by atoms with E-state index in [1.807, 2.05) is 0 Å². The SMILES string of the molecule is NCC(=O)[O-].O=C([O-])[O-].[Na+]. The number of nitrogens with two attached hydrogens (primary N) is 1. The van der Waals surface area contributed by atoms with Crippen LogP contribution >= 0.6 is 0 Å². The zero-order valence-electron chi connectivity index (χ0n) is 5.33. The van der Waals surface area contributed by atoms with Crippen LogP contribution in [0.15, 0.2) is 0 Å². The summed E-state index contributed by atoms with van der Waals surface area (Å²) in [6, 6.07) is 0. The molecule has 0 unspecified atom stereocenters. The summed E-state index contributed by atoms with van der Waals surface area (Å²) >= 11 is 0. The van der Waals surface area contributed by atoms with Crippen molar-refractivity contribution in [3.63, 3.8) is 0 Å². The van der Waals surface area contributed by atoms with Crippen molar-refractivity contribution in [3.05, 3.63) is 0 Å². The van der Waals surface area contributed by atoms with E-state index in [0.717, 1.165) is 0 Å². The van der Waals surface area contributed by atoms with Crippen molar-refractivity contribution in [1.82, 2.24) is 0 Å². The largest absolute Gasteiger partial charge is 1.00 e. The van der Waals surface area contributed by atoms with E-state index in [9.17, 15) is 0 Å². The molecular formula is C3H4NNaO5-2. The quantitative estimate of drug-likeness (QED) is 0.376. The molecule has 0 bridgehead atoms. The molecule has 0 amide bonds. The average Bonchev–Trinajstić information content (AvgIpc) is 1.65. The second-order valence-electron chi connectivity index (χ2n) is 0.826. The molecule has 0 spiro atoms. The van der Waals surface area contributed by atoms with Crippen LogP contribution in [0.25, 0.3) is 0 Å². The third kappa shape index (κ3) is 120. The maximum atomic E-state index is 9.13. The third-order valence-electron chi connectivity index (χ3n) is 0.167. The van der Waals surface area contributed by atoms with Crippen LogP contribution in [0, 0.1) is 0 Å². The molecule has 0 fully saturated rings. The Labute approximate surface area is 78.9 Å². The molecule has 6 nitrogen and oxygen atoms in total. The fourth-order valence-electron chi connectivity index (χ4n) is 0. The van der Waals surface area contributed by atoms with Crippen LogP contribution in [0.2, 0.25) is 0 Å². The Kier molecular flexibility index (Phi) is 18.8. The van der Waals surface area contributed by atoms with E-state index in [4.69, 9.17) is 24.9 Å². The molecule has 0 radical (unpaired) electrons. The summed E-state index contributed by atoms with van der Waals surface area (Å²) < 4.78 is 0. The number of rotatable bonds is 1. The van der Waals surface area contributed by atoms with Crippen molar-refractivity contribution in [1.29, 1.82) is 0 Å². The summed E-state index contributed by atoms with van der Waals surface area (Å²) in [6.45, 7) is -0.389. The molecule has 0 saturated heterocycles. The maximum absolute atomic E-state index is 9.13. The van der Waals surface area contributed by atoms with E-state index < -0.39 is 12.1 Å². The fraction of sp³-hybridized carbons (Fsp3) is 0.333. The van der Waals surface area contributed by atoms with Crippen molar-refractivity contribution in [2.75, 3.05) is 6.54 Å². The Bertz CT molecular complexity index is 101. The van der Waals surface area contributed by atoms with E-state index in [1.54, 1.807) is 0 Å². The number of carbonyl (C=O) groups excluding carboxylic acids is 2. The first-order valence-electron chi connectivity index (χ1n) is 1.78. The molecular weight excluding hydrogens is 153 g/mol. The van der Waals surface area contributed by atoms with E-state index in [2.05, 4.69) is 5.73 Å². The molecule has 2 N–H and O–H groups in total. The summed E-state index contributed by atoms with van der Waals surface area (Å²) in [5, 5.41) is 25.8. The van der Waals surface area contributed by atoms with Gasteiger partial charge in [-0.3, -0.25) is 0 Å². The Morgan fingerprint density at radius 1 is 1.20 bits per heavy atom. The number of hydrogen-bond donors (Lipinski definition) is 1. The van der Waals surface area contributed by atoms with E-state index in [0.29, 0.717) is 0 Å². The van der Waals surface area contributed by atoms with Gasteiger partial charge in [0.15, 0.2) is 0 Å². The molecule has 0 saturated carbocycles. The first-order chi connectivity index (χ1) is 4.00. The molecule has 0 atom stereocenters. The second kappa shape index (κ2) is 11.5. The van der Waals surface area contributed by atoms with Gasteiger partial charge in [0.1, 0.15) is 0 Å². The van der Waals surface area contributed by atoms with E-state index >= 15 is 0 Å². The zero-order chi connectivity index (χ0) is 7.86. The molecule has 0 aromatic rings. The van der Waals surface area contributed by atoms with Crippen molar-refractivity contribution in [2.45, 2.75) is 0 Å². The van der Waals surface area contributed by atoms with Crippen LogP contribution in [-0.4, -0.2) is 18.7 Å². The van der Waals surface area contributed by atoms with Gasteiger partial charge >= 0.3 is 29.6 Å². The molecule has 0 rings (SSSR count). The summed E-state index contributed by atoms with van der Waals surface area (Å²) in [6.07, 6.45) is -2.33. The topological polar surface area (TPSA) is 129 Å². The molecule has 0 heterocycles. The Hall–Kier alpha value is -0.300. The van der Waals surface area contributed by atoms with Crippen LogP contribution in [-0.2, 0) is 4.79 Å². The van der Waals surface area contributed by atoms with Gasteiger partial charge in [-0.2, -0.15) is 0 Å². The van der Waals surface area contributed by atoms with Crippen molar-refractivity contribution in [2.24, 2.45) is 5.73 Å². The van der Waals surface area contributed by atoms with Gasteiger partial charge in [0.2, 0.25) is 0 Å². The second-order valence-corrected chi connectivity index (χ2v) is 0.826. The van der Waals surface area contributed by atoms with Crippen molar-refractivity contribution in [3.8, 4) is 0 Å². The first-order valence-corrected chi connectivity index (χ1v) is 1.78. The molecule has 0 aliphatic carbocycles. The fourth-order valence-corrected chi connectivity index (χ4v) is 0. The average molecular weight is 157 g/mol. The van der Waals surface area contributed by atoms with Gasteiger partial charge in [-0.25, -0.2) is 0 Å². The van der Waals surface area contributed by atoms with Crippen LogP contribution in [0.3, 0.4) is 0 Å². The summed E-state index contributed by atoms with van der Waals surface area (Å²) in [4.78, 5) is 17.5. The molecule has 7 heteroatoms. The van der Waals surface area contributed by atoms with Crippen LogP contribution in [0.5, 0.6) is 0 Å². The van der Waals surface area contributed by atoms with Crippen LogP contribution in [0.1, 0.15) is 0 Å². The summed E-state index contributed by atoms with van der Waals surface area (Å²) in [5.41, 5.74) is 4.51. The number of carbonyl (C=O) groups is 2. The molecule has 0 aromatic heterocycles. The summed E-state index contributed by atoms with van der Waals surface area (Å²) in [7, 11) is 0. The van der Waals surface area contributed by atoms with Crippen molar-refractivity contribution < 1.29 is 54.5 Å². The Morgan fingerprint density at radius 3 is 1.30 bits per heavy atom. The maximum Gasteiger partial charge on any atom is 1.00 e. The van der Waals surface area contributed by atoms with Crippen LogP contribution < -0.4 is 50.6 Å². The molecule has 0 aromatic carbocycles. The number of hydrogen-bond acceptors (Lipinski definition) is 6. The predicted molar refractivity (Wildman–Crippen MR) is 19.5 cm³/mol. The molecule has 10 heavy (non-hydrogen) atoms. The number of carboxylic acid groups (broad SMARTS) is 3. The van der Waals surface area contributed by atoms with Gasteiger partial charge in [0.05, 0.1) is 5.97 Å². The first kappa shape index (κ1) is 16.4. The molecule has 54 valence electrons. The standard InChI is InChI=1S/C2H5NO2.CH2O3.Na/c3-1-2(4)5;2-1(3)4;/h1,3H2,(H,4,5);(H2,2,3,4);/q;;+1/p-3. The minimum absolute atomic E-state index is 0. The predicted octanol–water partition coefficient (Wildman–Crippen LogP) is -7.75. The van der Waals surface area contributed by atoms with E-state index in [-0.39, 0.29) is 36.1 Å². The van der Waals surface area contributed by atoms with Gasteiger partial charge in [0, 0.05) is 6.54 Å². The minimum atomic E-state index is -2.33. The van der Waals surface area contributed by atoms with Gasteiger partial charge in [-0.05, 0) is 6.16 Å². The van der Waals surface area contributed by atoms with Gasteiger partial charge in [-0.1, -0.05) is 0 Å². The van der Waals surface area contributed by atoms with Crippen molar-refractivity contribution >= 4 is 12.1 Å². The Morgan fingerprint density at radius 2 is 1.30 bits per heavy atom. The monoisotopic (exact) mass is 157 g/mol. The van der Waals surface area contributed by atoms with Gasteiger partial charge < -0.3 is 30.6 Å².